The van der Waals surface area contributed by atoms with E-state index in [-0.39, 0.29) is 18.0 Å². The highest BCUT2D eigenvalue weighted by Crippen LogP contribution is 2.34. The molecule has 1 aromatic rings. The van der Waals surface area contributed by atoms with Crippen LogP contribution in [-0.2, 0) is 4.79 Å². The molecule has 0 bridgehead atoms. The number of amides is 1. The molecule has 1 aromatic carbocycles. The lowest BCUT2D eigenvalue weighted by atomic mass is 10.2. The van der Waals surface area contributed by atoms with E-state index >= 15 is 0 Å². The van der Waals surface area contributed by atoms with Crippen LogP contribution in [0.2, 0.25) is 0 Å². The second kappa shape index (κ2) is 7.14. The van der Waals surface area contributed by atoms with Crippen LogP contribution in [0.4, 0.5) is 5.69 Å². The number of ether oxygens (including phenoxy) is 1. The van der Waals surface area contributed by atoms with Crippen molar-refractivity contribution >= 4 is 43.5 Å². The lowest BCUT2D eigenvalue weighted by Crippen LogP contribution is -2.41. The zero-order valence-electron chi connectivity index (χ0n) is 11.4. The molecular formula is C13H18Br2N2O2. The molecule has 1 unspecified atom stereocenters. The van der Waals surface area contributed by atoms with Gasteiger partial charge in [0.05, 0.1) is 17.3 Å². The summed E-state index contributed by atoms with van der Waals surface area (Å²) >= 11 is 6.87. The molecule has 106 valence electrons. The van der Waals surface area contributed by atoms with Gasteiger partial charge in [-0.15, -0.1) is 0 Å². The van der Waals surface area contributed by atoms with Gasteiger partial charge in [-0.1, -0.05) is 0 Å². The van der Waals surface area contributed by atoms with Crippen molar-refractivity contribution < 1.29 is 9.53 Å². The number of nitrogens with one attached hydrogen (secondary N) is 2. The Morgan fingerprint density at radius 1 is 1.21 bits per heavy atom. The molecular weight excluding hydrogens is 376 g/mol. The van der Waals surface area contributed by atoms with Gasteiger partial charge in [0.2, 0.25) is 5.91 Å². The predicted molar refractivity (Wildman–Crippen MR) is 84.8 cm³/mol. The van der Waals surface area contributed by atoms with E-state index in [0.717, 1.165) is 14.6 Å². The van der Waals surface area contributed by atoms with Crippen molar-refractivity contribution in [1.82, 2.24) is 5.32 Å². The second-order valence-corrected chi connectivity index (χ2v) is 6.20. The standard InChI is InChI=1S/C13H18Br2N2O2/c1-7(2)16-13(18)8(3)17-11-6-12(19-4)10(15)5-9(11)14/h5-8,17H,1-4H3,(H,16,18). The summed E-state index contributed by atoms with van der Waals surface area (Å²) in [5.41, 5.74) is 0.812. The lowest BCUT2D eigenvalue weighted by Gasteiger charge is -2.18. The molecule has 19 heavy (non-hydrogen) atoms. The normalized spacial score (nSPS) is 12.2. The van der Waals surface area contributed by atoms with Gasteiger partial charge >= 0.3 is 0 Å². The largest absolute Gasteiger partial charge is 0.495 e. The van der Waals surface area contributed by atoms with Crippen molar-refractivity contribution in [1.29, 1.82) is 0 Å². The molecule has 1 atom stereocenters. The average molecular weight is 394 g/mol. The van der Waals surface area contributed by atoms with Crippen molar-refractivity contribution in [2.75, 3.05) is 12.4 Å². The Labute approximate surface area is 130 Å². The number of carbonyl (C=O) groups is 1. The highest BCUT2D eigenvalue weighted by Gasteiger charge is 2.15. The minimum Gasteiger partial charge on any atom is -0.495 e. The van der Waals surface area contributed by atoms with Crippen LogP contribution in [0.25, 0.3) is 0 Å². The van der Waals surface area contributed by atoms with Crippen LogP contribution in [-0.4, -0.2) is 25.1 Å². The monoisotopic (exact) mass is 392 g/mol. The summed E-state index contributed by atoms with van der Waals surface area (Å²) in [6, 6.07) is 3.52. The first kappa shape index (κ1) is 16.3. The lowest BCUT2D eigenvalue weighted by molar-refractivity contribution is -0.122. The Bertz CT molecular complexity index is 464. The number of halogens is 2. The van der Waals surface area contributed by atoms with Gasteiger partial charge in [0.15, 0.2) is 0 Å². The van der Waals surface area contributed by atoms with E-state index in [4.69, 9.17) is 4.74 Å². The molecule has 6 heteroatoms. The maximum atomic E-state index is 11.9. The zero-order valence-corrected chi connectivity index (χ0v) is 14.6. The fourth-order valence-electron chi connectivity index (χ4n) is 1.50. The third kappa shape index (κ3) is 4.69. The summed E-state index contributed by atoms with van der Waals surface area (Å²) in [5.74, 6) is 0.672. The smallest absolute Gasteiger partial charge is 0.242 e. The van der Waals surface area contributed by atoms with Crippen LogP contribution in [0.3, 0.4) is 0 Å². The van der Waals surface area contributed by atoms with Gasteiger partial charge < -0.3 is 15.4 Å². The van der Waals surface area contributed by atoms with Crippen molar-refractivity contribution in [2.45, 2.75) is 32.9 Å². The Kier molecular flexibility index (Phi) is 6.13. The minimum absolute atomic E-state index is 0.0382. The van der Waals surface area contributed by atoms with Gasteiger partial charge in [0.1, 0.15) is 11.8 Å². The molecule has 0 heterocycles. The summed E-state index contributed by atoms with van der Waals surface area (Å²) in [6.45, 7) is 5.69. The molecule has 2 N–H and O–H groups in total. The highest BCUT2D eigenvalue weighted by atomic mass is 79.9. The predicted octanol–water partition coefficient (Wildman–Crippen LogP) is 3.55. The Morgan fingerprint density at radius 3 is 2.37 bits per heavy atom. The number of hydrogen-bond acceptors (Lipinski definition) is 3. The van der Waals surface area contributed by atoms with Gasteiger partial charge in [-0.05, 0) is 58.7 Å². The van der Waals surface area contributed by atoms with E-state index in [9.17, 15) is 4.79 Å². The Balaban J connectivity index is 2.84. The number of benzene rings is 1. The first-order chi connectivity index (χ1) is 8.85. The van der Waals surface area contributed by atoms with Crippen LogP contribution in [0.1, 0.15) is 20.8 Å². The molecule has 0 saturated carbocycles. The van der Waals surface area contributed by atoms with Crippen molar-refractivity contribution in [3.05, 3.63) is 21.1 Å². The minimum atomic E-state index is -0.329. The van der Waals surface area contributed by atoms with Crippen molar-refractivity contribution in [3.8, 4) is 5.75 Å². The molecule has 1 rings (SSSR count). The molecule has 1 amide bonds. The average Bonchev–Trinajstić information content (AvgIpc) is 2.31. The fraction of sp³-hybridized carbons (Fsp3) is 0.462. The van der Waals surface area contributed by atoms with Crippen molar-refractivity contribution in [3.63, 3.8) is 0 Å². The van der Waals surface area contributed by atoms with E-state index in [2.05, 4.69) is 42.5 Å². The molecule has 0 aliphatic rings. The van der Waals surface area contributed by atoms with Gasteiger partial charge in [0, 0.05) is 16.6 Å². The summed E-state index contributed by atoms with van der Waals surface area (Å²) in [7, 11) is 1.60. The maximum Gasteiger partial charge on any atom is 0.242 e. The first-order valence-electron chi connectivity index (χ1n) is 5.95. The quantitative estimate of drug-likeness (QED) is 0.804. The van der Waals surface area contributed by atoms with Gasteiger partial charge in [0.25, 0.3) is 0 Å². The number of hydrogen-bond donors (Lipinski definition) is 2. The van der Waals surface area contributed by atoms with Gasteiger partial charge in [-0.25, -0.2) is 0 Å². The third-order valence-corrected chi connectivity index (χ3v) is 3.71. The van der Waals surface area contributed by atoms with Crippen LogP contribution in [0.5, 0.6) is 5.75 Å². The zero-order chi connectivity index (χ0) is 14.6. The fourth-order valence-corrected chi connectivity index (χ4v) is 2.77. The summed E-state index contributed by atoms with van der Waals surface area (Å²) in [6.07, 6.45) is 0. The molecule has 4 nitrogen and oxygen atoms in total. The molecule has 0 saturated heterocycles. The summed E-state index contributed by atoms with van der Waals surface area (Å²) in [5, 5.41) is 6.02. The third-order valence-electron chi connectivity index (χ3n) is 2.44. The summed E-state index contributed by atoms with van der Waals surface area (Å²) < 4.78 is 6.96. The molecule has 0 radical (unpaired) electrons. The number of rotatable bonds is 5. The SMILES string of the molecule is COc1cc(NC(C)C(=O)NC(C)C)c(Br)cc1Br. The topological polar surface area (TPSA) is 50.4 Å². The van der Waals surface area contributed by atoms with Crippen LogP contribution >= 0.6 is 31.9 Å². The van der Waals surface area contributed by atoms with E-state index in [1.165, 1.54) is 0 Å². The van der Waals surface area contributed by atoms with Crippen molar-refractivity contribution in [2.24, 2.45) is 0 Å². The number of carbonyl (C=O) groups excluding carboxylic acids is 1. The molecule has 0 aliphatic heterocycles. The van der Waals surface area contributed by atoms with Gasteiger partial charge in [-0.3, -0.25) is 4.79 Å². The maximum absolute atomic E-state index is 11.9. The van der Waals surface area contributed by atoms with Crippen LogP contribution in [0, 0.1) is 0 Å². The van der Waals surface area contributed by atoms with E-state index in [1.807, 2.05) is 32.9 Å². The van der Waals surface area contributed by atoms with E-state index in [1.54, 1.807) is 7.11 Å². The van der Waals surface area contributed by atoms with Crippen LogP contribution < -0.4 is 15.4 Å². The molecule has 0 fully saturated rings. The number of methoxy groups -OCH3 is 1. The van der Waals surface area contributed by atoms with Gasteiger partial charge in [-0.2, -0.15) is 0 Å². The number of anilines is 1. The molecule has 0 spiro atoms. The first-order valence-corrected chi connectivity index (χ1v) is 7.53. The second-order valence-electron chi connectivity index (χ2n) is 4.50. The van der Waals surface area contributed by atoms with Crippen LogP contribution in [0.15, 0.2) is 21.1 Å². The van der Waals surface area contributed by atoms with E-state index in [0.29, 0.717) is 5.75 Å². The molecule has 0 aliphatic carbocycles. The van der Waals surface area contributed by atoms with E-state index < -0.39 is 0 Å². The highest BCUT2D eigenvalue weighted by molar-refractivity contribution is 9.11. The Hall–Kier alpha value is -0.750. The summed E-state index contributed by atoms with van der Waals surface area (Å²) in [4.78, 5) is 11.9. The molecule has 0 aromatic heterocycles. The Morgan fingerprint density at radius 2 is 1.84 bits per heavy atom.